The number of nitrogen functional groups attached to an aromatic ring is 1. The molecule has 6 heteroatoms. The summed E-state index contributed by atoms with van der Waals surface area (Å²) in [6.45, 7) is 0. The lowest BCUT2D eigenvalue weighted by Crippen LogP contribution is -2.09. The fourth-order valence-electron chi connectivity index (χ4n) is 1.28. The van der Waals surface area contributed by atoms with Gasteiger partial charge in [-0.15, -0.1) is 0 Å². The van der Waals surface area contributed by atoms with Gasteiger partial charge in [-0.05, 0) is 12.1 Å². The molecule has 0 amide bonds. The average molecular weight is 220 g/mol. The molecule has 0 aliphatic rings. The van der Waals surface area contributed by atoms with E-state index < -0.39 is 5.82 Å². The summed E-state index contributed by atoms with van der Waals surface area (Å²) in [4.78, 5) is 7.97. The molecule has 0 unspecified atom stereocenters. The third kappa shape index (κ3) is 2.06. The molecular formula is C10H9FN4O. The number of phenols is 1. The number of aromatic hydroxyl groups is 1. The van der Waals surface area contributed by atoms with Crippen LogP contribution in [0.15, 0.2) is 30.5 Å². The van der Waals surface area contributed by atoms with Gasteiger partial charge in [-0.2, -0.15) is 0 Å². The Kier molecular flexibility index (Phi) is 2.65. The van der Waals surface area contributed by atoms with Crippen LogP contribution in [0.5, 0.6) is 5.75 Å². The molecule has 0 radical (unpaired) electrons. The maximum Gasteiger partial charge on any atom is 0.161 e. The van der Waals surface area contributed by atoms with Gasteiger partial charge in [-0.3, -0.25) is 0 Å². The number of nitrogens with two attached hydrogens (primary N) is 1. The first-order chi connectivity index (χ1) is 7.69. The van der Waals surface area contributed by atoms with Crippen LogP contribution >= 0.6 is 0 Å². The van der Waals surface area contributed by atoms with Crippen molar-refractivity contribution in [1.29, 1.82) is 0 Å². The van der Waals surface area contributed by atoms with E-state index in [0.717, 1.165) is 6.07 Å². The monoisotopic (exact) mass is 220 g/mol. The van der Waals surface area contributed by atoms with Gasteiger partial charge >= 0.3 is 0 Å². The molecule has 5 nitrogen and oxygen atoms in total. The molecule has 0 aliphatic carbocycles. The van der Waals surface area contributed by atoms with Gasteiger partial charge in [0.05, 0.1) is 0 Å². The number of benzene rings is 1. The highest BCUT2D eigenvalue weighted by atomic mass is 19.1. The Morgan fingerprint density at radius 1 is 1.31 bits per heavy atom. The number of rotatable bonds is 2. The number of hydrogen-bond donors (Lipinski definition) is 3. The minimum absolute atomic E-state index is 0.176. The van der Waals surface area contributed by atoms with Crippen LogP contribution in [0, 0.1) is 5.82 Å². The van der Waals surface area contributed by atoms with Crippen LogP contribution in [0.4, 0.5) is 10.2 Å². The molecule has 2 rings (SSSR count). The van der Waals surface area contributed by atoms with Gasteiger partial charge in [-0.1, -0.05) is 0 Å². The lowest BCUT2D eigenvalue weighted by Gasteiger charge is -2.03. The zero-order valence-electron chi connectivity index (χ0n) is 8.18. The Balaban J connectivity index is 2.49. The molecule has 0 spiro atoms. The topological polar surface area (TPSA) is 84.1 Å². The summed E-state index contributed by atoms with van der Waals surface area (Å²) >= 11 is 0. The summed E-state index contributed by atoms with van der Waals surface area (Å²) in [6.07, 6.45) is 1.49. The summed E-state index contributed by atoms with van der Waals surface area (Å²) in [5.74, 6) is 5.16. The number of nitrogens with zero attached hydrogens (tertiary/aromatic N) is 2. The first-order valence-corrected chi connectivity index (χ1v) is 4.48. The van der Waals surface area contributed by atoms with E-state index in [4.69, 9.17) is 5.84 Å². The summed E-state index contributed by atoms with van der Waals surface area (Å²) in [5.41, 5.74) is 2.74. The lowest BCUT2D eigenvalue weighted by atomic mass is 10.2. The van der Waals surface area contributed by atoms with E-state index in [9.17, 15) is 9.50 Å². The number of hydrazine groups is 1. The second-order valence-corrected chi connectivity index (χ2v) is 3.11. The predicted octanol–water partition coefficient (Wildman–Crippen LogP) is 1.27. The molecule has 1 aromatic carbocycles. The molecule has 0 aliphatic heterocycles. The van der Waals surface area contributed by atoms with Crippen molar-refractivity contribution >= 4 is 5.82 Å². The second-order valence-electron chi connectivity index (χ2n) is 3.11. The quantitative estimate of drug-likeness (QED) is 0.524. The van der Waals surface area contributed by atoms with Crippen molar-refractivity contribution in [2.24, 2.45) is 5.84 Å². The van der Waals surface area contributed by atoms with Crippen LogP contribution in [0.3, 0.4) is 0 Å². The van der Waals surface area contributed by atoms with E-state index in [1.165, 1.54) is 18.3 Å². The molecule has 1 aromatic heterocycles. The van der Waals surface area contributed by atoms with Gasteiger partial charge in [0.25, 0.3) is 0 Å². The molecule has 1 heterocycles. The number of anilines is 1. The number of aromatic nitrogens is 2. The van der Waals surface area contributed by atoms with E-state index in [0.29, 0.717) is 11.4 Å². The molecule has 0 atom stereocenters. The Bertz CT molecular complexity index is 498. The molecule has 4 N–H and O–H groups in total. The van der Waals surface area contributed by atoms with E-state index in [1.807, 2.05) is 0 Å². The Morgan fingerprint density at radius 3 is 2.81 bits per heavy atom. The highest BCUT2D eigenvalue weighted by molar-refractivity contribution is 5.59. The molecule has 0 fully saturated rings. The largest absolute Gasteiger partial charge is 0.508 e. The lowest BCUT2D eigenvalue weighted by molar-refractivity contribution is 0.469. The molecule has 0 saturated heterocycles. The zero-order chi connectivity index (χ0) is 11.5. The Morgan fingerprint density at radius 2 is 2.12 bits per heavy atom. The van der Waals surface area contributed by atoms with Crippen molar-refractivity contribution in [3.8, 4) is 17.1 Å². The van der Waals surface area contributed by atoms with Crippen molar-refractivity contribution in [1.82, 2.24) is 9.97 Å². The SMILES string of the molecule is NNc1ccnc(-c2cc(O)cc(F)c2)n1. The summed E-state index contributed by atoms with van der Waals surface area (Å²) < 4.78 is 13.0. The third-order valence-electron chi connectivity index (χ3n) is 1.94. The number of hydrogen-bond acceptors (Lipinski definition) is 5. The molecule has 2 aromatic rings. The summed E-state index contributed by atoms with van der Waals surface area (Å²) in [5, 5.41) is 9.25. The van der Waals surface area contributed by atoms with Crippen LogP contribution in [0.2, 0.25) is 0 Å². The second kappa shape index (κ2) is 4.11. The first-order valence-electron chi connectivity index (χ1n) is 4.48. The summed E-state index contributed by atoms with van der Waals surface area (Å²) in [7, 11) is 0. The van der Waals surface area contributed by atoms with Crippen molar-refractivity contribution in [2.75, 3.05) is 5.43 Å². The van der Waals surface area contributed by atoms with Crippen LogP contribution in [-0.4, -0.2) is 15.1 Å². The normalized spacial score (nSPS) is 10.1. The molecule has 16 heavy (non-hydrogen) atoms. The average Bonchev–Trinajstić information content (AvgIpc) is 2.28. The van der Waals surface area contributed by atoms with E-state index in [2.05, 4.69) is 15.4 Å². The Labute approximate surface area is 90.7 Å². The van der Waals surface area contributed by atoms with Gasteiger partial charge < -0.3 is 10.5 Å². The molecule has 82 valence electrons. The predicted molar refractivity (Wildman–Crippen MR) is 56.9 cm³/mol. The third-order valence-corrected chi connectivity index (χ3v) is 1.94. The van der Waals surface area contributed by atoms with Crippen molar-refractivity contribution in [3.63, 3.8) is 0 Å². The number of phenolic OH excluding ortho intramolecular Hbond substituents is 1. The highest BCUT2D eigenvalue weighted by Crippen LogP contribution is 2.22. The highest BCUT2D eigenvalue weighted by Gasteiger charge is 2.05. The maximum atomic E-state index is 13.0. The first kappa shape index (κ1) is 10.3. The fraction of sp³-hybridized carbons (Fsp3) is 0. The molecular weight excluding hydrogens is 211 g/mol. The summed E-state index contributed by atoms with van der Waals surface area (Å²) in [6, 6.07) is 5.19. The minimum Gasteiger partial charge on any atom is -0.508 e. The van der Waals surface area contributed by atoms with Gasteiger partial charge in [0.15, 0.2) is 5.82 Å². The Hall–Kier alpha value is -2.21. The van der Waals surface area contributed by atoms with Gasteiger partial charge in [0.2, 0.25) is 0 Å². The smallest absolute Gasteiger partial charge is 0.161 e. The number of nitrogens with one attached hydrogen (secondary N) is 1. The number of halogens is 1. The maximum absolute atomic E-state index is 13.0. The molecule has 0 saturated carbocycles. The van der Waals surface area contributed by atoms with Gasteiger partial charge in [0, 0.05) is 23.9 Å². The van der Waals surface area contributed by atoms with Crippen LogP contribution in [-0.2, 0) is 0 Å². The van der Waals surface area contributed by atoms with Crippen molar-refractivity contribution < 1.29 is 9.50 Å². The van der Waals surface area contributed by atoms with Crippen LogP contribution in [0.1, 0.15) is 0 Å². The van der Waals surface area contributed by atoms with Crippen LogP contribution < -0.4 is 11.3 Å². The van der Waals surface area contributed by atoms with E-state index in [1.54, 1.807) is 6.07 Å². The fourth-order valence-corrected chi connectivity index (χ4v) is 1.28. The molecule has 0 bridgehead atoms. The van der Waals surface area contributed by atoms with E-state index in [-0.39, 0.29) is 11.6 Å². The van der Waals surface area contributed by atoms with E-state index >= 15 is 0 Å². The zero-order valence-corrected chi connectivity index (χ0v) is 8.18. The van der Waals surface area contributed by atoms with Crippen LogP contribution in [0.25, 0.3) is 11.4 Å². The van der Waals surface area contributed by atoms with Crippen molar-refractivity contribution in [2.45, 2.75) is 0 Å². The van der Waals surface area contributed by atoms with Gasteiger partial charge in [-0.25, -0.2) is 20.2 Å². The minimum atomic E-state index is -0.551. The van der Waals surface area contributed by atoms with Gasteiger partial charge in [0.1, 0.15) is 17.4 Å². The van der Waals surface area contributed by atoms with Crippen molar-refractivity contribution in [3.05, 3.63) is 36.3 Å². The standard InChI is InChI=1S/C10H9FN4O/c11-7-3-6(4-8(16)5-7)10-13-2-1-9(14-10)15-12/h1-5,16H,12H2,(H,13,14,15).